The molecule has 2 aromatic rings. The van der Waals surface area contributed by atoms with Crippen molar-refractivity contribution in [2.45, 2.75) is 18.9 Å². The van der Waals surface area contributed by atoms with Gasteiger partial charge in [-0.15, -0.1) is 0 Å². The molecule has 1 atom stereocenters. The van der Waals surface area contributed by atoms with Crippen LogP contribution < -0.4 is 4.90 Å². The number of amides is 2. The van der Waals surface area contributed by atoms with Crippen LogP contribution in [0.2, 0.25) is 0 Å². The first kappa shape index (κ1) is 17.0. The monoisotopic (exact) mass is 391 g/mol. The number of rotatable bonds is 2. The third-order valence-electron chi connectivity index (χ3n) is 4.44. The van der Waals surface area contributed by atoms with Crippen molar-refractivity contribution in [3.63, 3.8) is 0 Å². The Hall–Kier alpha value is -1.89. The van der Waals surface area contributed by atoms with Gasteiger partial charge in [0, 0.05) is 50.3 Å². The fourth-order valence-corrected chi connectivity index (χ4v) is 3.45. The molecule has 2 heterocycles. The van der Waals surface area contributed by atoms with Crippen molar-refractivity contribution in [2.24, 2.45) is 0 Å². The van der Waals surface area contributed by atoms with Crippen molar-refractivity contribution in [3.8, 4) is 0 Å². The second-order valence-electron chi connectivity index (χ2n) is 6.40. The van der Waals surface area contributed by atoms with Crippen molar-refractivity contribution in [2.75, 3.05) is 39.1 Å². The van der Waals surface area contributed by atoms with Crippen LogP contribution in [0.1, 0.15) is 12.8 Å². The molecule has 7 heteroatoms. The summed E-state index contributed by atoms with van der Waals surface area (Å²) in [6.45, 7) is 1.68. The quantitative estimate of drug-likeness (QED) is 0.789. The summed E-state index contributed by atoms with van der Waals surface area (Å²) >= 11 is 3.47. The number of hydrogen-bond acceptors (Lipinski definition) is 4. The molecule has 0 aliphatic carbocycles. The van der Waals surface area contributed by atoms with E-state index in [2.05, 4.69) is 25.8 Å². The molecule has 1 aromatic heterocycles. The summed E-state index contributed by atoms with van der Waals surface area (Å²) in [6, 6.07) is 6.21. The fourth-order valence-electron chi connectivity index (χ4n) is 3.07. The topological polar surface area (TPSA) is 52.6 Å². The lowest BCUT2D eigenvalue weighted by atomic mass is 10.1. The average molecular weight is 392 g/mol. The third-order valence-corrected chi connectivity index (χ3v) is 4.93. The maximum atomic E-state index is 12.2. The van der Waals surface area contributed by atoms with Crippen molar-refractivity contribution >= 4 is 38.8 Å². The maximum Gasteiger partial charge on any atom is 0.319 e. The first-order valence-corrected chi connectivity index (χ1v) is 8.86. The Labute approximate surface area is 150 Å². The molecule has 0 bridgehead atoms. The zero-order valence-corrected chi connectivity index (χ0v) is 15.8. The summed E-state index contributed by atoms with van der Waals surface area (Å²) in [4.78, 5) is 27.0. The lowest BCUT2D eigenvalue weighted by Crippen LogP contribution is -2.51. The first-order valence-electron chi connectivity index (χ1n) is 8.07. The zero-order chi connectivity index (χ0) is 17.3. The first-order chi connectivity index (χ1) is 11.5. The van der Waals surface area contributed by atoms with Gasteiger partial charge in [-0.05, 0) is 31.0 Å². The van der Waals surface area contributed by atoms with E-state index in [4.69, 9.17) is 4.98 Å². The number of anilines is 1. The summed E-state index contributed by atoms with van der Waals surface area (Å²) in [6.07, 6.45) is 3.89. The highest BCUT2D eigenvalue weighted by atomic mass is 79.9. The SMILES string of the molecule is CN(C)C(=O)N(C)C1CCCN(c2ncc3cc(Br)ccc3n2)C1. The Bertz CT molecular complexity index is 751. The van der Waals surface area contributed by atoms with Gasteiger partial charge in [0.2, 0.25) is 5.95 Å². The van der Waals surface area contributed by atoms with Crippen LogP contribution in [-0.4, -0.2) is 66.1 Å². The predicted octanol–water partition coefficient (Wildman–Crippen LogP) is 2.97. The van der Waals surface area contributed by atoms with Gasteiger partial charge in [0.25, 0.3) is 0 Å². The number of likely N-dealkylation sites (N-methyl/N-ethyl adjacent to an activating group) is 1. The number of fused-ring (bicyclic) bond motifs is 1. The number of hydrogen-bond donors (Lipinski definition) is 0. The van der Waals surface area contributed by atoms with E-state index in [-0.39, 0.29) is 12.1 Å². The van der Waals surface area contributed by atoms with Crippen molar-refractivity contribution in [1.29, 1.82) is 0 Å². The number of urea groups is 1. The van der Waals surface area contributed by atoms with Crippen LogP contribution in [0.15, 0.2) is 28.9 Å². The highest BCUT2D eigenvalue weighted by Crippen LogP contribution is 2.23. The standard InChI is InChI=1S/C17H22BrN5O/c1-21(2)17(24)22(3)14-5-4-8-23(11-14)16-19-10-12-9-13(18)6-7-15(12)20-16/h6-7,9-10,14H,4-5,8,11H2,1-3H3. The summed E-state index contributed by atoms with van der Waals surface area (Å²) in [5.74, 6) is 0.736. The van der Waals surface area contributed by atoms with E-state index < -0.39 is 0 Å². The molecule has 1 aliphatic rings. The minimum absolute atomic E-state index is 0.0335. The van der Waals surface area contributed by atoms with E-state index in [1.54, 1.807) is 19.0 Å². The van der Waals surface area contributed by atoms with Gasteiger partial charge in [0.1, 0.15) is 0 Å². The minimum Gasteiger partial charge on any atom is -0.339 e. The van der Waals surface area contributed by atoms with Crippen molar-refractivity contribution in [1.82, 2.24) is 19.8 Å². The van der Waals surface area contributed by atoms with Crippen molar-refractivity contribution < 1.29 is 4.79 Å². The number of benzene rings is 1. The molecule has 1 fully saturated rings. The molecule has 6 nitrogen and oxygen atoms in total. The van der Waals surface area contributed by atoms with Crippen LogP contribution in [0.5, 0.6) is 0 Å². The molecule has 0 spiro atoms. The number of piperidine rings is 1. The molecule has 1 aliphatic heterocycles. The number of carbonyl (C=O) groups excluding carboxylic acids is 1. The van der Waals surface area contributed by atoms with E-state index in [1.807, 2.05) is 36.3 Å². The Morgan fingerprint density at radius 2 is 2.12 bits per heavy atom. The molecular weight excluding hydrogens is 370 g/mol. The van der Waals surface area contributed by atoms with Crippen LogP contribution >= 0.6 is 15.9 Å². The normalized spacial score (nSPS) is 17.8. The van der Waals surface area contributed by atoms with Crippen molar-refractivity contribution in [3.05, 3.63) is 28.9 Å². The lowest BCUT2D eigenvalue weighted by Gasteiger charge is -2.38. The Morgan fingerprint density at radius 3 is 2.88 bits per heavy atom. The van der Waals surface area contributed by atoms with E-state index in [9.17, 15) is 4.79 Å². The second kappa shape index (κ2) is 6.93. The molecule has 3 rings (SSSR count). The molecule has 2 amide bonds. The molecule has 128 valence electrons. The maximum absolute atomic E-state index is 12.2. The molecule has 0 N–H and O–H groups in total. The summed E-state index contributed by atoms with van der Waals surface area (Å²) in [5, 5.41) is 1.02. The Balaban J connectivity index is 1.79. The molecule has 1 aromatic carbocycles. The van der Waals surface area contributed by atoms with Gasteiger partial charge in [0.05, 0.1) is 11.6 Å². The molecule has 1 saturated heterocycles. The van der Waals surface area contributed by atoms with Crippen LogP contribution in [0.3, 0.4) is 0 Å². The van der Waals surface area contributed by atoms with Crippen LogP contribution in [0.4, 0.5) is 10.7 Å². The number of aromatic nitrogens is 2. The highest BCUT2D eigenvalue weighted by Gasteiger charge is 2.28. The van der Waals surface area contributed by atoms with E-state index in [1.165, 1.54) is 0 Å². The summed E-state index contributed by atoms with van der Waals surface area (Å²) < 4.78 is 1.02. The van der Waals surface area contributed by atoms with Crippen LogP contribution in [0, 0.1) is 0 Å². The highest BCUT2D eigenvalue weighted by molar-refractivity contribution is 9.10. The van der Waals surface area contributed by atoms with Gasteiger partial charge >= 0.3 is 6.03 Å². The fraction of sp³-hybridized carbons (Fsp3) is 0.471. The number of nitrogens with zero attached hydrogens (tertiary/aromatic N) is 5. The van der Waals surface area contributed by atoms with Gasteiger partial charge in [-0.25, -0.2) is 14.8 Å². The van der Waals surface area contributed by atoms with E-state index in [0.717, 1.165) is 47.3 Å². The van der Waals surface area contributed by atoms with Gasteiger partial charge in [-0.3, -0.25) is 0 Å². The van der Waals surface area contributed by atoms with Gasteiger partial charge in [-0.1, -0.05) is 15.9 Å². The summed E-state index contributed by atoms with van der Waals surface area (Å²) in [7, 11) is 5.43. The van der Waals surface area contributed by atoms with Crippen LogP contribution in [0.25, 0.3) is 10.9 Å². The Morgan fingerprint density at radius 1 is 1.33 bits per heavy atom. The largest absolute Gasteiger partial charge is 0.339 e. The summed E-state index contributed by atoms with van der Waals surface area (Å²) in [5.41, 5.74) is 0.933. The van der Waals surface area contributed by atoms with Gasteiger partial charge < -0.3 is 14.7 Å². The number of carbonyl (C=O) groups is 1. The minimum atomic E-state index is 0.0335. The molecular formula is C17H22BrN5O. The lowest BCUT2D eigenvalue weighted by molar-refractivity contribution is 0.157. The smallest absolute Gasteiger partial charge is 0.319 e. The number of halogens is 1. The van der Waals surface area contributed by atoms with Gasteiger partial charge in [0.15, 0.2) is 0 Å². The predicted molar refractivity (Wildman–Crippen MR) is 99.3 cm³/mol. The Kier molecular flexibility index (Phi) is 4.89. The average Bonchev–Trinajstić information content (AvgIpc) is 2.60. The molecule has 0 radical (unpaired) electrons. The second-order valence-corrected chi connectivity index (χ2v) is 7.32. The molecule has 24 heavy (non-hydrogen) atoms. The van der Waals surface area contributed by atoms with E-state index >= 15 is 0 Å². The van der Waals surface area contributed by atoms with Gasteiger partial charge in [-0.2, -0.15) is 0 Å². The van der Waals surface area contributed by atoms with E-state index in [0.29, 0.717) is 0 Å². The molecule has 1 unspecified atom stereocenters. The molecule has 0 saturated carbocycles. The van der Waals surface area contributed by atoms with Crippen LogP contribution in [-0.2, 0) is 0 Å². The zero-order valence-electron chi connectivity index (χ0n) is 14.2. The third kappa shape index (κ3) is 3.45.